The van der Waals surface area contributed by atoms with Crippen LogP contribution in [-0.2, 0) is 4.79 Å². The van der Waals surface area contributed by atoms with Crippen LogP contribution in [0.25, 0.3) is 11.8 Å². The van der Waals surface area contributed by atoms with Gasteiger partial charge in [-0.05, 0) is 54.5 Å². The molecule has 1 amide bonds. The van der Waals surface area contributed by atoms with Crippen LogP contribution in [0.4, 0.5) is 11.4 Å². The van der Waals surface area contributed by atoms with E-state index < -0.39 is 4.92 Å². The minimum absolute atomic E-state index is 0.00596. The van der Waals surface area contributed by atoms with Crippen molar-refractivity contribution in [3.8, 4) is 5.75 Å². The molecule has 31 heavy (non-hydrogen) atoms. The van der Waals surface area contributed by atoms with E-state index >= 15 is 0 Å². The van der Waals surface area contributed by atoms with Crippen molar-refractivity contribution in [2.24, 2.45) is 0 Å². The Balaban J connectivity index is 1.81. The zero-order chi connectivity index (χ0) is 22.0. The highest BCUT2D eigenvalue weighted by Crippen LogP contribution is 2.39. The molecule has 0 aromatic heterocycles. The summed E-state index contributed by atoms with van der Waals surface area (Å²) in [4.78, 5) is 25.5. The Morgan fingerprint density at radius 3 is 2.29 bits per heavy atom. The Kier molecular flexibility index (Phi) is 5.37. The SMILES string of the molecule is COc1ccccc1N1C(=O)/C(=C/c2ccc([N+](=O)[O-])cc2)C=C1c1ccc(C)cc1. The van der Waals surface area contributed by atoms with E-state index in [9.17, 15) is 14.9 Å². The molecule has 0 fully saturated rings. The van der Waals surface area contributed by atoms with Crippen LogP contribution in [0.15, 0.2) is 84.4 Å². The van der Waals surface area contributed by atoms with Crippen LogP contribution in [0.5, 0.6) is 5.75 Å². The van der Waals surface area contributed by atoms with E-state index in [0.717, 1.165) is 16.8 Å². The fourth-order valence-corrected chi connectivity index (χ4v) is 3.48. The molecule has 0 aliphatic carbocycles. The van der Waals surface area contributed by atoms with Crippen molar-refractivity contribution in [2.45, 2.75) is 6.92 Å². The van der Waals surface area contributed by atoms with Crippen LogP contribution in [-0.4, -0.2) is 17.9 Å². The van der Waals surface area contributed by atoms with Crippen molar-refractivity contribution in [2.75, 3.05) is 12.0 Å². The number of ether oxygens (including phenoxy) is 1. The first-order valence-electron chi connectivity index (χ1n) is 9.70. The number of nitrogens with zero attached hydrogens (tertiary/aromatic N) is 2. The highest BCUT2D eigenvalue weighted by Gasteiger charge is 2.32. The minimum Gasteiger partial charge on any atom is -0.495 e. The summed E-state index contributed by atoms with van der Waals surface area (Å²) in [5.74, 6) is 0.392. The van der Waals surface area contributed by atoms with Gasteiger partial charge in [0, 0.05) is 17.7 Å². The van der Waals surface area contributed by atoms with E-state index in [-0.39, 0.29) is 11.6 Å². The van der Waals surface area contributed by atoms with Gasteiger partial charge < -0.3 is 4.74 Å². The number of methoxy groups -OCH3 is 1. The molecule has 0 N–H and O–H groups in total. The van der Waals surface area contributed by atoms with Crippen molar-refractivity contribution in [3.63, 3.8) is 0 Å². The molecule has 3 aromatic carbocycles. The molecule has 0 unspecified atom stereocenters. The average molecular weight is 412 g/mol. The van der Waals surface area contributed by atoms with Crippen molar-refractivity contribution >= 4 is 29.1 Å². The smallest absolute Gasteiger partial charge is 0.269 e. The number of rotatable bonds is 5. The maximum atomic E-state index is 13.4. The van der Waals surface area contributed by atoms with Gasteiger partial charge in [-0.25, -0.2) is 0 Å². The Labute approximate surface area is 179 Å². The van der Waals surface area contributed by atoms with Crippen molar-refractivity contribution in [3.05, 3.63) is 111 Å². The second-order valence-electron chi connectivity index (χ2n) is 7.16. The Morgan fingerprint density at radius 2 is 1.65 bits per heavy atom. The van der Waals surface area contributed by atoms with Crippen molar-refractivity contribution in [1.29, 1.82) is 0 Å². The maximum absolute atomic E-state index is 13.4. The van der Waals surface area contributed by atoms with Gasteiger partial charge in [-0.1, -0.05) is 42.0 Å². The van der Waals surface area contributed by atoms with Crippen LogP contribution < -0.4 is 9.64 Å². The first-order valence-corrected chi connectivity index (χ1v) is 9.70. The molecule has 3 aromatic rings. The molecule has 0 bridgehead atoms. The predicted octanol–water partition coefficient (Wildman–Crippen LogP) is 5.38. The molecule has 4 rings (SSSR count). The van der Waals surface area contributed by atoms with Gasteiger partial charge in [0.2, 0.25) is 0 Å². The quantitative estimate of drug-likeness (QED) is 0.320. The number of benzene rings is 3. The monoisotopic (exact) mass is 412 g/mol. The van der Waals surface area contributed by atoms with Gasteiger partial charge in [-0.3, -0.25) is 19.8 Å². The lowest BCUT2D eigenvalue weighted by Gasteiger charge is -2.23. The van der Waals surface area contributed by atoms with E-state index in [2.05, 4.69) is 0 Å². The van der Waals surface area contributed by atoms with Gasteiger partial charge in [0.05, 0.1) is 23.4 Å². The molecule has 154 valence electrons. The Bertz CT molecular complexity index is 1210. The number of nitro benzene ring substituents is 1. The van der Waals surface area contributed by atoms with E-state index in [4.69, 9.17) is 4.74 Å². The number of hydrogen-bond acceptors (Lipinski definition) is 4. The summed E-state index contributed by atoms with van der Waals surface area (Å²) in [5, 5.41) is 10.9. The molecule has 0 atom stereocenters. The molecular formula is C25H20N2O4. The van der Waals surface area contributed by atoms with E-state index in [1.165, 1.54) is 12.1 Å². The zero-order valence-corrected chi connectivity index (χ0v) is 17.1. The number of non-ortho nitro benzene ring substituents is 1. The summed E-state index contributed by atoms with van der Waals surface area (Å²) in [6.07, 6.45) is 3.57. The summed E-state index contributed by atoms with van der Waals surface area (Å²) in [7, 11) is 1.57. The first kappa shape index (κ1) is 20.1. The van der Waals surface area contributed by atoms with Gasteiger partial charge in [0.15, 0.2) is 0 Å². The van der Waals surface area contributed by atoms with Crippen molar-refractivity contribution in [1.82, 2.24) is 0 Å². The molecule has 1 aliphatic heterocycles. The largest absolute Gasteiger partial charge is 0.495 e. The lowest BCUT2D eigenvalue weighted by atomic mass is 10.1. The summed E-state index contributed by atoms with van der Waals surface area (Å²) in [6, 6.07) is 21.4. The van der Waals surface area contributed by atoms with Crippen LogP contribution in [0.3, 0.4) is 0 Å². The molecule has 6 heteroatoms. The highest BCUT2D eigenvalue weighted by molar-refractivity contribution is 6.23. The second kappa shape index (κ2) is 8.28. The van der Waals surface area contributed by atoms with E-state index in [1.54, 1.807) is 30.2 Å². The Hall–Kier alpha value is -4.19. The predicted molar refractivity (Wildman–Crippen MR) is 121 cm³/mol. The van der Waals surface area contributed by atoms with Crippen molar-refractivity contribution < 1.29 is 14.5 Å². The molecule has 1 heterocycles. The number of carbonyl (C=O) groups excluding carboxylic acids is 1. The van der Waals surface area contributed by atoms with Crippen LogP contribution >= 0.6 is 0 Å². The van der Waals surface area contributed by atoms with Gasteiger partial charge in [-0.2, -0.15) is 0 Å². The molecule has 0 saturated carbocycles. The molecule has 1 aliphatic rings. The van der Waals surface area contributed by atoms with Gasteiger partial charge >= 0.3 is 0 Å². The number of para-hydroxylation sites is 2. The minimum atomic E-state index is -0.448. The second-order valence-corrected chi connectivity index (χ2v) is 7.16. The third kappa shape index (κ3) is 3.96. The van der Waals surface area contributed by atoms with E-state index in [1.807, 2.05) is 61.5 Å². The third-order valence-electron chi connectivity index (χ3n) is 5.08. The normalized spacial score (nSPS) is 14.6. The van der Waals surface area contributed by atoms with Crippen LogP contribution in [0.2, 0.25) is 0 Å². The average Bonchev–Trinajstić information content (AvgIpc) is 3.10. The number of hydrogen-bond donors (Lipinski definition) is 0. The molecule has 0 saturated heterocycles. The molecular weight excluding hydrogens is 392 g/mol. The molecule has 6 nitrogen and oxygen atoms in total. The maximum Gasteiger partial charge on any atom is 0.269 e. The molecule has 0 spiro atoms. The fourth-order valence-electron chi connectivity index (χ4n) is 3.48. The first-order chi connectivity index (χ1) is 15.0. The van der Waals surface area contributed by atoms with Gasteiger partial charge in [-0.15, -0.1) is 0 Å². The van der Waals surface area contributed by atoms with Gasteiger partial charge in [0.1, 0.15) is 5.75 Å². The fraction of sp³-hybridized carbons (Fsp3) is 0.0800. The number of aryl methyl sites for hydroxylation is 1. The summed E-state index contributed by atoms with van der Waals surface area (Å²) in [6.45, 7) is 2.01. The lowest BCUT2D eigenvalue weighted by molar-refractivity contribution is -0.384. The summed E-state index contributed by atoms with van der Waals surface area (Å²) < 4.78 is 5.49. The summed E-state index contributed by atoms with van der Waals surface area (Å²) in [5.41, 5.74) is 4.60. The number of carbonyl (C=O) groups is 1. The number of nitro groups is 1. The van der Waals surface area contributed by atoms with Crippen LogP contribution in [0.1, 0.15) is 16.7 Å². The van der Waals surface area contributed by atoms with E-state index in [0.29, 0.717) is 22.6 Å². The molecule has 0 radical (unpaired) electrons. The number of amides is 1. The summed E-state index contributed by atoms with van der Waals surface area (Å²) >= 11 is 0. The van der Waals surface area contributed by atoms with Gasteiger partial charge in [0.25, 0.3) is 11.6 Å². The lowest BCUT2D eigenvalue weighted by Crippen LogP contribution is -2.25. The van der Waals surface area contributed by atoms with Crippen LogP contribution in [0, 0.1) is 17.0 Å². The zero-order valence-electron chi connectivity index (χ0n) is 17.1. The topological polar surface area (TPSA) is 72.7 Å². The standard InChI is InChI=1S/C25H20N2O4/c1-17-7-11-19(12-8-17)23-16-20(15-18-9-13-21(14-10-18)27(29)30)25(28)26(23)22-5-3-4-6-24(22)31-2/h3-16H,1-2H3/b20-15+. The number of anilines is 1. The Morgan fingerprint density at radius 1 is 0.968 bits per heavy atom. The third-order valence-corrected chi connectivity index (χ3v) is 5.08. The highest BCUT2D eigenvalue weighted by atomic mass is 16.6.